The molecule has 0 saturated carbocycles. The van der Waals surface area contributed by atoms with Gasteiger partial charge in [-0.05, 0) is 67.5 Å². The molecule has 5 aromatic rings. The number of carbonyl (C=O) groups is 1. The number of morpholine rings is 1. The standard InChI is InChI=1S/C37H43ClFN5O4/c1-4-31-34(30(42-43(31)3)23-40-15-16-44-17-20-46-21-18-44)33-29(38)14-13-28-27(36(41-35(28)33)37(45)47-5-2)9-7-19-48-32-10-6-8-24-22-25(39)11-12-26(24)32/h6,8,10-14,22,40-41H,4-5,7,9,15-21,23H2,1-3H3. The molecule has 1 saturated heterocycles. The monoisotopic (exact) mass is 675 g/mol. The van der Waals surface area contributed by atoms with E-state index in [-0.39, 0.29) is 12.4 Å². The summed E-state index contributed by atoms with van der Waals surface area (Å²) >= 11 is 7.01. The fourth-order valence-corrected chi connectivity index (χ4v) is 6.92. The van der Waals surface area contributed by atoms with Crippen molar-refractivity contribution in [2.75, 3.05) is 52.6 Å². The number of halogens is 2. The summed E-state index contributed by atoms with van der Waals surface area (Å²) in [4.78, 5) is 19.1. The van der Waals surface area contributed by atoms with Crippen molar-refractivity contribution >= 4 is 39.2 Å². The van der Waals surface area contributed by atoms with Gasteiger partial charge in [-0.25, -0.2) is 9.18 Å². The van der Waals surface area contributed by atoms with Crippen LogP contribution in [0.3, 0.4) is 0 Å². The number of H-pyrrole nitrogens is 1. The molecule has 0 unspecified atom stereocenters. The summed E-state index contributed by atoms with van der Waals surface area (Å²) in [5.41, 5.74) is 5.85. The molecule has 0 atom stereocenters. The number of fused-ring (bicyclic) bond motifs is 2. The lowest BCUT2D eigenvalue weighted by Gasteiger charge is -2.26. The number of hydrogen-bond donors (Lipinski definition) is 2. The van der Waals surface area contributed by atoms with Crippen LogP contribution in [0.1, 0.15) is 47.7 Å². The Hall–Kier alpha value is -3.96. The number of nitrogens with zero attached hydrogens (tertiary/aromatic N) is 3. The summed E-state index contributed by atoms with van der Waals surface area (Å²) in [6, 6.07) is 14.2. The lowest BCUT2D eigenvalue weighted by atomic mass is 9.97. The van der Waals surface area contributed by atoms with Crippen LogP contribution in [0.15, 0.2) is 48.5 Å². The van der Waals surface area contributed by atoms with Crippen LogP contribution in [0.25, 0.3) is 32.8 Å². The van der Waals surface area contributed by atoms with Gasteiger partial charge in [0.1, 0.15) is 17.3 Å². The van der Waals surface area contributed by atoms with Gasteiger partial charge in [-0.15, -0.1) is 0 Å². The molecule has 0 aliphatic carbocycles. The second kappa shape index (κ2) is 15.5. The Balaban J connectivity index is 1.28. The van der Waals surface area contributed by atoms with Crippen molar-refractivity contribution in [2.24, 2.45) is 7.05 Å². The van der Waals surface area contributed by atoms with E-state index in [0.29, 0.717) is 42.5 Å². The Kier molecular flexibility index (Phi) is 11.0. The van der Waals surface area contributed by atoms with Crippen molar-refractivity contribution in [3.8, 4) is 16.9 Å². The van der Waals surface area contributed by atoms with Gasteiger partial charge in [-0.3, -0.25) is 9.58 Å². The normalized spacial score (nSPS) is 13.9. The molecule has 6 rings (SSSR count). The van der Waals surface area contributed by atoms with E-state index >= 15 is 0 Å². The molecular formula is C37H43ClFN5O4. The summed E-state index contributed by atoms with van der Waals surface area (Å²) in [6.45, 7) is 10.4. The van der Waals surface area contributed by atoms with Crippen LogP contribution in [0, 0.1) is 5.82 Å². The molecule has 2 aromatic heterocycles. The molecule has 0 bridgehead atoms. The van der Waals surface area contributed by atoms with Gasteiger partial charge in [-0.1, -0.05) is 36.7 Å². The van der Waals surface area contributed by atoms with Crippen molar-refractivity contribution in [3.05, 3.63) is 82.0 Å². The minimum atomic E-state index is -0.408. The first-order valence-electron chi connectivity index (χ1n) is 16.8. The van der Waals surface area contributed by atoms with Crippen molar-refractivity contribution in [1.82, 2.24) is 25.0 Å². The van der Waals surface area contributed by atoms with Crippen LogP contribution in [0.5, 0.6) is 5.75 Å². The predicted octanol–water partition coefficient (Wildman–Crippen LogP) is 6.69. The number of nitrogens with one attached hydrogen (secondary N) is 2. The van der Waals surface area contributed by atoms with Crippen molar-refractivity contribution in [1.29, 1.82) is 0 Å². The molecule has 0 amide bonds. The number of esters is 1. The van der Waals surface area contributed by atoms with E-state index < -0.39 is 5.97 Å². The highest BCUT2D eigenvalue weighted by atomic mass is 35.5. The summed E-state index contributed by atoms with van der Waals surface area (Å²) in [5, 5.41) is 11.6. The Labute approximate surface area is 285 Å². The van der Waals surface area contributed by atoms with Gasteiger partial charge in [0.05, 0.1) is 42.7 Å². The second-order valence-electron chi connectivity index (χ2n) is 12.0. The molecule has 1 aliphatic rings. The van der Waals surface area contributed by atoms with E-state index in [2.05, 4.69) is 22.1 Å². The van der Waals surface area contributed by atoms with Gasteiger partial charge >= 0.3 is 5.97 Å². The summed E-state index contributed by atoms with van der Waals surface area (Å²) in [5.74, 6) is 0.00463. The Morgan fingerprint density at radius 3 is 2.71 bits per heavy atom. The molecule has 48 heavy (non-hydrogen) atoms. The molecule has 1 fully saturated rings. The maximum atomic E-state index is 13.8. The lowest BCUT2D eigenvalue weighted by Crippen LogP contribution is -2.40. The number of hydrogen-bond acceptors (Lipinski definition) is 7. The van der Waals surface area contributed by atoms with E-state index in [1.165, 1.54) is 12.1 Å². The molecule has 1 aliphatic heterocycles. The zero-order chi connectivity index (χ0) is 33.6. The third-order valence-electron chi connectivity index (χ3n) is 8.97. The number of rotatable bonds is 14. The number of aromatic nitrogens is 3. The summed E-state index contributed by atoms with van der Waals surface area (Å²) in [7, 11) is 1.96. The maximum Gasteiger partial charge on any atom is 0.355 e. The van der Waals surface area contributed by atoms with Gasteiger partial charge in [0.15, 0.2) is 0 Å². The van der Waals surface area contributed by atoms with E-state index in [9.17, 15) is 9.18 Å². The highest BCUT2D eigenvalue weighted by Gasteiger charge is 2.26. The Morgan fingerprint density at radius 2 is 1.92 bits per heavy atom. The first-order chi connectivity index (χ1) is 23.4. The van der Waals surface area contributed by atoms with Crippen LogP contribution in [0.4, 0.5) is 4.39 Å². The van der Waals surface area contributed by atoms with Gasteiger partial charge < -0.3 is 24.5 Å². The molecule has 0 radical (unpaired) electrons. The number of carbonyl (C=O) groups excluding carboxylic acids is 1. The Morgan fingerprint density at radius 1 is 1.10 bits per heavy atom. The molecule has 2 N–H and O–H groups in total. The largest absolute Gasteiger partial charge is 0.493 e. The molecule has 0 spiro atoms. The summed E-state index contributed by atoms with van der Waals surface area (Å²) in [6.07, 6.45) is 1.97. The smallest absolute Gasteiger partial charge is 0.355 e. The molecular weight excluding hydrogens is 633 g/mol. The van der Waals surface area contributed by atoms with Crippen molar-refractivity contribution < 1.29 is 23.4 Å². The van der Waals surface area contributed by atoms with Crippen molar-refractivity contribution in [3.63, 3.8) is 0 Å². The first kappa shape index (κ1) is 33.9. The van der Waals surface area contributed by atoms with Crippen LogP contribution >= 0.6 is 11.6 Å². The van der Waals surface area contributed by atoms with Crippen LogP contribution in [-0.2, 0) is 35.9 Å². The number of aromatic amines is 1. The van der Waals surface area contributed by atoms with Crippen LogP contribution in [0.2, 0.25) is 5.02 Å². The zero-order valence-corrected chi connectivity index (χ0v) is 28.6. The van der Waals surface area contributed by atoms with Crippen LogP contribution in [-0.4, -0.2) is 78.2 Å². The fourth-order valence-electron chi connectivity index (χ4n) is 6.66. The third kappa shape index (κ3) is 7.22. The topological polar surface area (TPSA) is 93.6 Å². The number of ether oxygens (including phenoxy) is 3. The minimum Gasteiger partial charge on any atom is -0.493 e. The van der Waals surface area contributed by atoms with Crippen LogP contribution < -0.4 is 10.1 Å². The average Bonchev–Trinajstić information content (AvgIpc) is 3.61. The number of benzene rings is 3. The molecule has 3 aromatic carbocycles. The molecule has 11 heteroatoms. The van der Waals surface area contributed by atoms with Crippen molar-refractivity contribution in [2.45, 2.75) is 39.7 Å². The lowest BCUT2D eigenvalue weighted by molar-refractivity contribution is 0.0384. The highest BCUT2D eigenvalue weighted by Crippen LogP contribution is 2.41. The molecule has 3 heterocycles. The quantitative estimate of drug-likeness (QED) is 0.100. The second-order valence-corrected chi connectivity index (χ2v) is 12.4. The number of aryl methyl sites for hydroxylation is 2. The van der Waals surface area contributed by atoms with Gasteiger partial charge in [0, 0.05) is 67.4 Å². The van der Waals surface area contributed by atoms with Gasteiger partial charge in [-0.2, -0.15) is 5.10 Å². The van der Waals surface area contributed by atoms with Gasteiger partial charge in [0.2, 0.25) is 0 Å². The first-order valence-corrected chi connectivity index (χ1v) is 17.1. The minimum absolute atomic E-state index is 0.259. The predicted molar refractivity (Wildman–Crippen MR) is 188 cm³/mol. The van der Waals surface area contributed by atoms with E-state index in [1.807, 2.05) is 42.1 Å². The van der Waals surface area contributed by atoms with E-state index in [0.717, 1.165) is 95.6 Å². The fraction of sp³-hybridized carbons (Fsp3) is 0.405. The maximum absolute atomic E-state index is 13.8. The van der Waals surface area contributed by atoms with E-state index in [4.69, 9.17) is 30.9 Å². The molecule has 9 nitrogen and oxygen atoms in total. The average molecular weight is 676 g/mol. The Bertz CT molecular complexity index is 1900. The highest BCUT2D eigenvalue weighted by molar-refractivity contribution is 6.35. The van der Waals surface area contributed by atoms with Gasteiger partial charge in [0.25, 0.3) is 0 Å². The third-order valence-corrected chi connectivity index (χ3v) is 9.28. The molecule has 254 valence electrons. The van der Waals surface area contributed by atoms with E-state index in [1.54, 1.807) is 13.0 Å². The summed E-state index contributed by atoms with van der Waals surface area (Å²) < 4.78 is 32.8. The SMILES string of the molecule is CCOC(=O)c1[nH]c2c(-c3c(CNCCN4CCOCC4)nn(C)c3CC)c(Cl)ccc2c1CCCOc1cccc2cc(F)ccc12. The zero-order valence-electron chi connectivity index (χ0n) is 27.8.